The predicted octanol–water partition coefficient (Wildman–Crippen LogP) is 3.01. The number of nitrogens with zero attached hydrogens (tertiary/aromatic N) is 4. The standard InChI is InChI=1S/C26H27N7O3S/c1-2-19-30-21(25(37-19)33-12-14-35-15-13-33)22(27)36-26(28)32-23-24(34)29-18-11-7-6-10-17(18)20(31-23)16-8-4-3-5-9-16/h3-11,23,27H,2,12-15H2,1H3,(H2,28,32)(H,29,34). The van der Waals surface area contributed by atoms with Gasteiger partial charge in [-0.15, -0.1) is 11.3 Å². The first kappa shape index (κ1) is 24.6. The summed E-state index contributed by atoms with van der Waals surface area (Å²) in [5.74, 6) is -0.685. The summed E-state index contributed by atoms with van der Waals surface area (Å²) in [4.78, 5) is 28.6. The summed E-state index contributed by atoms with van der Waals surface area (Å²) in [5, 5.41) is 13.2. The molecule has 3 heterocycles. The average Bonchev–Trinajstić information content (AvgIpc) is 3.32. The van der Waals surface area contributed by atoms with Gasteiger partial charge in [-0.2, -0.15) is 4.99 Å². The molecule has 0 bridgehead atoms. The Bertz CT molecular complexity index is 1360. The quantitative estimate of drug-likeness (QED) is 0.351. The van der Waals surface area contributed by atoms with Gasteiger partial charge in [-0.25, -0.2) is 9.98 Å². The number of benzodiazepines with no additional fused rings is 1. The molecule has 4 N–H and O–H groups in total. The molecule has 3 aromatic rings. The number of amidine groups is 1. The molecule has 1 unspecified atom stereocenters. The van der Waals surface area contributed by atoms with Gasteiger partial charge in [-0.1, -0.05) is 55.5 Å². The number of nitrogens with one attached hydrogen (secondary N) is 2. The van der Waals surface area contributed by atoms with E-state index in [-0.39, 0.29) is 11.9 Å². The number of hydrogen-bond acceptors (Lipinski definition) is 9. The third-order valence-electron chi connectivity index (χ3n) is 5.90. The van der Waals surface area contributed by atoms with Gasteiger partial charge in [0.15, 0.2) is 5.69 Å². The number of nitrogens with two attached hydrogens (primary N) is 1. The Morgan fingerprint density at radius 2 is 1.95 bits per heavy atom. The minimum absolute atomic E-state index is 0.233. The molecule has 2 aliphatic heterocycles. The Morgan fingerprint density at radius 1 is 1.22 bits per heavy atom. The van der Waals surface area contributed by atoms with Gasteiger partial charge in [0.2, 0.25) is 12.1 Å². The van der Waals surface area contributed by atoms with Crippen LogP contribution >= 0.6 is 11.3 Å². The lowest BCUT2D eigenvalue weighted by molar-refractivity contribution is -0.117. The second-order valence-electron chi connectivity index (χ2n) is 8.37. The number of para-hydroxylation sites is 1. The first-order valence-corrected chi connectivity index (χ1v) is 12.8. The van der Waals surface area contributed by atoms with Crippen LogP contribution in [0.2, 0.25) is 0 Å². The molecule has 1 amide bonds. The molecule has 1 aromatic heterocycles. The van der Waals surface area contributed by atoms with Crippen LogP contribution in [0.4, 0.5) is 10.7 Å². The second kappa shape index (κ2) is 10.9. The van der Waals surface area contributed by atoms with E-state index >= 15 is 0 Å². The van der Waals surface area contributed by atoms with E-state index in [1.807, 2.05) is 61.5 Å². The van der Waals surface area contributed by atoms with E-state index in [2.05, 4.69) is 25.2 Å². The zero-order valence-corrected chi connectivity index (χ0v) is 21.1. The number of thiazole rings is 1. The van der Waals surface area contributed by atoms with Gasteiger partial charge >= 0.3 is 0 Å². The van der Waals surface area contributed by atoms with Gasteiger partial charge in [-0.3, -0.25) is 10.2 Å². The monoisotopic (exact) mass is 517 g/mol. The second-order valence-corrected chi connectivity index (χ2v) is 9.43. The van der Waals surface area contributed by atoms with Crippen LogP contribution in [0.3, 0.4) is 0 Å². The lowest BCUT2D eigenvalue weighted by Gasteiger charge is -2.27. The van der Waals surface area contributed by atoms with Crippen LogP contribution in [-0.2, 0) is 20.7 Å². The van der Waals surface area contributed by atoms with Crippen LogP contribution in [0.15, 0.2) is 64.6 Å². The summed E-state index contributed by atoms with van der Waals surface area (Å²) >= 11 is 1.52. The maximum atomic E-state index is 13.0. The molecule has 1 saturated heterocycles. The molecule has 1 fully saturated rings. The molecule has 0 spiro atoms. The molecule has 190 valence electrons. The van der Waals surface area contributed by atoms with E-state index in [0.717, 1.165) is 27.6 Å². The number of ether oxygens (including phenoxy) is 2. The molecule has 10 nitrogen and oxygen atoms in total. The summed E-state index contributed by atoms with van der Waals surface area (Å²) in [6.07, 6.45) is -0.464. The van der Waals surface area contributed by atoms with E-state index in [9.17, 15) is 4.79 Å². The molecule has 37 heavy (non-hydrogen) atoms. The maximum absolute atomic E-state index is 13.0. The van der Waals surface area contributed by atoms with Crippen LogP contribution in [0.5, 0.6) is 0 Å². The number of aryl methyl sites for hydroxylation is 1. The van der Waals surface area contributed by atoms with Crippen molar-refractivity contribution in [1.82, 2.24) is 4.98 Å². The highest BCUT2D eigenvalue weighted by atomic mass is 32.1. The number of rotatable bonds is 5. The largest absolute Gasteiger partial charge is 0.405 e. The van der Waals surface area contributed by atoms with Crippen molar-refractivity contribution in [2.24, 2.45) is 15.7 Å². The fourth-order valence-corrected chi connectivity index (χ4v) is 5.15. The molecule has 1 atom stereocenters. The van der Waals surface area contributed by atoms with E-state index < -0.39 is 12.1 Å². The smallest absolute Gasteiger partial charge is 0.291 e. The van der Waals surface area contributed by atoms with Crippen molar-refractivity contribution in [3.05, 3.63) is 76.4 Å². The molecule has 0 radical (unpaired) electrons. The molecular weight excluding hydrogens is 490 g/mol. The summed E-state index contributed by atoms with van der Waals surface area (Å²) < 4.78 is 11.0. The number of aromatic nitrogens is 1. The third kappa shape index (κ3) is 5.37. The third-order valence-corrected chi connectivity index (χ3v) is 7.16. The zero-order valence-electron chi connectivity index (χ0n) is 20.3. The van der Waals surface area contributed by atoms with E-state index in [0.29, 0.717) is 43.4 Å². The van der Waals surface area contributed by atoms with Crippen LogP contribution in [0, 0.1) is 5.41 Å². The van der Waals surface area contributed by atoms with E-state index in [1.165, 1.54) is 11.3 Å². The summed E-state index contributed by atoms with van der Waals surface area (Å²) in [5.41, 5.74) is 9.33. The topological polar surface area (TPSA) is 138 Å². The van der Waals surface area contributed by atoms with Gasteiger partial charge in [0, 0.05) is 24.2 Å². The van der Waals surface area contributed by atoms with Crippen molar-refractivity contribution >= 4 is 45.6 Å². The highest BCUT2D eigenvalue weighted by molar-refractivity contribution is 7.16. The highest BCUT2D eigenvalue weighted by Crippen LogP contribution is 2.30. The van der Waals surface area contributed by atoms with E-state index in [4.69, 9.17) is 20.6 Å². The number of hydrogen-bond donors (Lipinski definition) is 3. The Morgan fingerprint density at radius 3 is 2.70 bits per heavy atom. The maximum Gasteiger partial charge on any atom is 0.291 e. The molecule has 2 aliphatic rings. The first-order valence-electron chi connectivity index (χ1n) is 12.0. The normalized spacial score (nSPS) is 17.9. The Hall–Kier alpha value is -4.09. The van der Waals surface area contributed by atoms with Crippen LogP contribution in [-0.4, -0.2) is 61.0 Å². The number of morpholine rings is 1. The number of benzene rings is 2. The molecule has 2 aromatic carbocycles. The fraction of sp³-hybridized carbons (Fsp3) is 0.269. The van der Waals surface area contributed by atoms with Crippen molar-refractivity contribution in [3.63, 3.8) is 0 Å². The highest BCUT2D eigenvalue weighted by Gasteiger charge is 2.27. The lowest BCUT2D eigenvalue weighted by atomic mass is 10.0. The number of fused-ring (bicyclic) bond motifs is 1. The first-order chi connectivity index (χ1) is 18.0. The molecule has 0 aliphatic carbocycles. The van der Waals surface area contributed by atoms with Crippen LogP contribution in [0.25, 0.3) is 0 Å². The number of amides is 1. The Balaban J connectivity index is 1.43. The van der Waals surface area contributed by atoms with Crippen LogP contribution in [0.1, 0.15) is 28.8 Å². The minimum Gasteiger partial charge on any atom is -0.405 e. The van der Waals surface area contributed by atoms with E-state index in [1.54, 1.807) is 0 Å². The van der Waals surface area contributed by atoms with Crippen LogP contribution < -0.4 is 16.0 Å². The van der Waals surface area contributed by atoms with Gasteiger partial charge in [0.25, 0.3) is 11.9 Å². The molecule has 5 rings (SSSR count). The Labute approximate surface area is 218 Å². The van der Waals surface area contributed by atoms with Gasteiger partial charge in [0.05, 0.1) is 29.6 Å². The van der Waals surface area contributed by atoms with Crippen molar-refractivity contribution in [2.75, 3.05) is 36.5 Å². The SMILES string of the molecule is CCc1nc(C(=N)OC(N)=NC2N=C(c3ccccc3)c3ccccc3NC2=O)c(N2CCOCC2)s1. The predicted molar refractivity (Wildman–Crippen MR) is 145 cm³/mol. The van der Waals surface area contributed by atoms with Gasteiger partial charge in [0.1, 0.15) is 5.00 Å². The van der Waals surface area contributed by atoms with Crippen molar-refractivity contribution < 1.29 is 14.3 Å². The van der Waals surface area contributed by atoms with Crippen molar-refractivity contribution in [2.45, 2.75) is 19.5 Å². The number of aliphatic imine (C=N–C) groups is 2. The van der Waals surface area contributed by atoms with Crippen molar-refractivity contribution in [1.29, 1.82) is 5.41 Å². The summed E-state index contributed by atoms with van der Waals surface area (Å²) in [6.45, 7) is 4.63. The zero-order chi connectivity index (χ0) is 25.8. The number of anilines is 2. The van der Waals surface area contributed by atoms with Crippen molar-refractivity contribution in [3.8, 4) is 0 Å². The molecule has 0 saturated carbocycles. The minimum atomic E-state index is -1.20. The fourth-order valence-electron chi connectivity index (χ4n) is 4.09. The lowest BCUT2D eigenvalue weighted by Crippen LogP contribution is -2.37. The Kier molecular flexibility index (Phi) is 7.24. The average molecular weight is 518 g/mol. The molecule has 11 heteroatoms. The van der Waals surface area contributed by atoms with Gasteiger partial charge in [-0.05, 0) is 12.5 Å². The summed E-state index contributed by atoms with van der Waals surface area (Å²) in [6, 6.07) is 16.7. The molecular formula is C26H27N7O3S. The van der Waals surface area contributed by atoms with Gasteiger partial charge < -0.3 is 25.4 Å². The number of carbonyl (C=O) groups is 1. The summed E-state index contributed by atoms with van der Waals surface area (Å²) in [7, 11) is 0. The number of carbonyl (C=O) groups excluding carboxylic acids is 1.